The van der Waals surface area contributed by atoms with Gasteiger partial charge in [-0.1, -0.05) is 12.1 Å². The summed E-state index contributed by atoms with van der Waals surface area (Å²) in [6.07, 6.45) is 0. The Hall–Kier alpha value is -0.540. The molecule has 0 aliphatic rings. The molecule has 3 heteroatoms. The van der Waals surface area contributed by atoms with E-state index >= 15 is 0 Å². The molecule has 0 saturated carbocycles. The summed E-state index contributed by atoms with van der Waals surface area (Å²) in [5.74, 6) is 0.804. The Kier molecular flexibility index (Phi) is 3.56. The van der Waals surface area contributed by atoms with Gasteiger partial charge in [0, 0.05) is 7.11 Å². The van der Waals surface area contributed by atoms with Gasteiger partial charge < -0.3 is 9.47 Å². The van der Waals surface area contributed by atoms with Crippen LogP contribution in [0.3, 0.4) is 0 Å². The van der Waals surface area contributed by atoms with Crippen LogP contribution in [-0.4, -0.2) is 12.3 Å². The van der Waals surface area contributed by atoms with E-state index in [1.54, 1.807) is 7.11 Å². The minimum atomic E-state index is -0.376. The highest BCUT2D eigenvalue weighted by atomic mass is 79.9. The van der Waals surface area contributed by atoms with Gasteiger partial charge in [-0.3, -0.25) is 0 Å². The zero-order chi connectivity index (χ0) is 8.97. The van der Waals surface area contributed by atoms with Crippen LogP contribution >= 0.6 is 15.9 Å². The molecule has 0 fully saturated rings. The number of hydrogen-bond acceptors (Lipinski definition) is 2. The Balaban J connectivity index is 2.63. The molecule has 0 N–H and O–H groups in total. The van der Waals surface area contributed by atoms with Gasteiger partial charge in [0.05, 0.1) is 0 Å². The number of benzene rings is 1. The van der Waals surface area contributed by atoms with Gasteiger partial charge in [-0.2, -0.15) is 0 Å². The lowest BCUT2D eigenvalue weighted by molar-refractivity contribution is 0.0242. The van der Waals surface area contributed by atoms with Gasteiger partial charge in [-0.25, -0.2) is 0 Å². The van der Waals surface area contributed by atoms with E-state index in [1.165, 1.54) is 5.56 Å². The molecule has 0 saturated heterocycles. The van der Waals surface area contributed by atoms with Crippen molar-refractivity contribution in [1.29, 1.82) is 0 Å². The zero-order valence-corrected chi connectivity index (χ0v) is 8.67. The van der Waals surface area contributed by atoms with Gasteiger partial charge in [0.15, 0.2) is 0 Å². The number of halogens is 1. The fraction of sp³-hybridized carbons (Fsp3) is 0.333. The summed E-state index contributed by atoms with van der Waals surface area (Å²) < 4.78 is 10.2. The minimum Gasteiger partial charge on any atom is -0.455 e. The third kappa shape index (κ3) is 2.83. The van der Waals surface area contributed by atoms with Gasteiger partial charge in [-0.05, 0) is 40.5 Å². The largest absolute Gasteiger partial charge is 0.455 e. The first kappa shape index (κ1) is 9.55. The van der Waals surface area contributed by atoms with E-state index in [-0.39, 0.29) is 5.20 Å². The lowest BCUT2D eigenvalue weighted by Gasteiger charge is -2.10. The molecule has 0 bridgehead atoms. The van der Waals surface area contributed by atoms with E-state index in [4.69, 9.17) is 9.47 Å². The number of aryl methyl sites for hydroxylation is 1. The smallest absolute Gasteiger partial charge is 0.257 e. The average Bonchev–Trinajstić information content (AvgIpc) is 2.04. The molecule has 0 radical (unpaired) electrons. The highest BCUT2D eigenvalue weighted by Gasteiger charge is 2.01. The number of rotatable bonds is 3. The summed E-state index contributed by atoms with van der Waals surface area (Å²) in [6.45, 7) is 2.02. The zero-order valence-electron chi connectivity index (χ0n) is 7.08. The van der Waals surface area contributed by atoms with Crippen molar-refractivity contribution in [3.63, 3.8) is 0 Å². The first-order valence-corrected chi connectivity index (χ1v) is 4.54. The lowest BCUT2D eigenvalue weighted by Crippen LogP contribution is -2.09. The summed E-state index contributed by atoms with van der Waals surface area (Å²) >= 11 is 3.19. The molecule has 12 heavy (non-hydrogen) atoms. The summed E-state index contributed by atoms with van der Waals surface area (Å²) in [5, 5.41) is -0.376. The SMILES string of the molecule is COC(Br)Oc1cccc(C)c1. The molecule has 0 amide bonds. The molecule has 0 spiro atoms. The van der Waals surface area contributed by atoms with Crippen molar-refractivity contribution in [3.05, 3.63) is 29.8 Å². The first-order chi connectivity index (χ1) is 5.72. The van der Waals surface area contributed by atoms with Gasteiger partial charge in [0.1, 0.15) is 5.75 Å². The Labute approximate surface area is 80.6 Å². The van der Waals surface area contributed by atoms with Crippen LogP contribution in [0.4, 0.5) is 0 Å². The molecule has 1 aromatic rings. The van der Waals surface area contributed by atoms with Crippen LogP contribution in [0.5, 0.6) is 5.75 Å². The average molecular weight is 231 g/mol. The Morgan fingerprint density at radius 2 is 2.17 bits per heavy atom. The summed E-state index contributed by atoms with van der Waals surface area (Å²) in [7, 11) is 1.58. The molecule has 0 heterocycles. The monoisotopic (exact) mass is 230 g/mol. The highest BCUT2D eigenvalue weighted by molar-refractivity contribution is 9.09. The molecule has 1 aromatic carbocycles. The normalized spacial score (nSPS) is 12.6. The topological polar surface area (TPSA) is 18.5 Å². The summed E-state index contributed by atoms with van der Waals surface area (Å²) in [5.41, 5.74) is 1.17. The van der Waals surface area contributed by atoms with Crippen LogP contribution in [0.2, 0.25) is 0 Å². The maximum absolute atomic E-state index is 5.34. The molecule has 0 aliphatic carbocycles. The number of alkyl halides is 1. The first-order valence-electron chi connectivity index (χ1n) is 3.62. The highest BCUT2D eigenvalue weighted by Crippen LogP contribution is 2.16. The van der Waals surface area contributed by atoms with Crippen LogP contribution in [0, 0.1) is 6.92 Å². The third-order valence-corrected chi connectivity index (χ3v) is 1.96. The van der Waals surface area contributed by atoms with E-state index in [0.717, 1.165) is 5.75 Å². The minimum absolute atomic E-state index is 0.376. The van der Waals surface area contributed by atoms with Crippen molar-refractivity contribution in [3.8, 4) is 5.75 Å². The maximum Gasteiger partial charge on any atom is 0.257 e. The van der Waals surface area contributed by atoms with Crippen molar-refractivity contribution in [2.45, 2.75) is 12.1 Å². The number of methoxy groups -OCH3 is 1. The molecular weight excluding hydrogens is 220 g/mol. The van der Waals surface area contributed by atoms with E-state index in [1.807, 2.05) is 31.2 Å². The predicted octanol–water partition coefficient (Wildman–Crippen LogP) is 2.70. The summed E-state index contributed by atoms with van der Waals surface area (Å²) in [4.78, 5) is 0. The number of ether oxygens (including phenoxy) is 2. The van der Waals surface area contributed by atoms with Crippen molar-refractivity contribution in [1.82, 2.24) is 0 Å². The third-order valence-electron chi connectivity index (χ3n) is 1.40. The van der Waals surface area contributed by atoms with Crippen molar-refractivity contribution in [2.75, 3.05) is 7.11 Å². The molecule has 1 unspecified atom stereocenters. The molecule has 66 valence electrons. The van der Waals surface area contributed by atoms with E-state index < -0.39 is 0 Å². The second-order valence-electron chi connectivity index (χ2n) is 2.44. The quantitative estimate of drug-likeness (QED) is 0.588. The van der Waals surface area contributed by atoms with Crippen LogP contribution in [0.25, 0.3) is 0 Å². The van der Waals surface area contributed by atoms with Crippen LogP contribution in [0.15, 0.2) is 24.3 Å². The van der Waals surface area contributed by atoms with Gasteiger partial charge in [0.25, 0.3) is 5.20 Å². The van der Waals surface area contributed by atoms with Crippen molar-refractivity contribution < 1.29 is 9.47 Å². The molecule has 0 aliphatic heterocycles. The maximum atomic E-state index is 5.34. The van der Waals surface area contributed by atoms with Gasteiger partial charge in [0.2, 0.25) is 0 Å². The molecule has 1 rings (SSSR count). The fourth-order valence-electron chi connectivity index (χ4n) is 0.844. The molecular formula is C9H11BrO2. The molecule has 1 atom stereocenters. The van der Waals surface area contributed by atoms with Crippen LogP contribution in [0.1, 0.15) is 5.56 Å². The Morgan fingerprint density at radius 3 is 2.75 bits per heavy atom. The number of hydrogen-bond donors (Lipinski definition) is 0. The predicted molar refractivity (Wildman–Crippen MR) is 51.5 cm³/mol. The van der Waals surface area contributed by atoms with E-state index in [2.05, 4.69) is 15.9 Å². The van der Waals surface area contributed by atoms with E-state index in [0.29, 0.717) is 0 Å². The van der Waals surface area contributed by atoms with Crippen molar-refractivity contribution in [2.24, 2.45) is 0 Å². The van der Waals surface area contributed by atoms with E-state index in [9.17, 15) is 0 Å². The molecule has 0 aromatic heterocycles. The van der Waals surface area contributed by atoms with Crippen LogP contribution < -0.4 is 4.74 Å². The standard InChI is InChI=1S/C9H11BrO2/c1-7-4-3-5-8(6-7)12-9(10)11-2/h3-6,9H,1-2H3. The lowest BCUT2D eigenvalue weighted by atomic mass is 10.2. The van der Waals surface area contributed by atoms with Gasteiger partial charge >= 0.3 is 0 Å². The van der Waals surface area contributed by atoms with Gasteiger partial charge in [-0.15, -0.1) is 0 Å². The Bertz CT molecular complexity index is 250. The van der Waals surface area contributed by atoms with Crippen LogP contribution in [-0.2, 0) is 4.74 Å². The van der Waals surface area contributed by atoms with Crippen molar-refractivity contribution >= 4 is 15.9 Å². The summed E-state index contributed by atoms with van der Waals surface area (Å²) in [6, 6.07) is 7.80. The second-order valence-corrected chi connectivity index (χ2v) is 3.19. The fourth-order valence-corrected chi connectivity index (χ4v) is 1.06. The Morgan fingerprint density at radius 1 is 1.42 bits per heavy atom. The second kappa shape index (κ2) is 4.48. The molecule has 2 nitrogen and oxygen atoms in total.